The van der Waals surface area contributed by atoms with Crippen molar-refractivity contribution in [2.75, 3.05) is 6.61 Å². The van der Waals surface area contributed by atoms with E-state index in [1.807, 2.05) is 0 Å². The van der Waals surface area contributed by atoms with Crippen molar-refractivity contribution in [1.82, 2.24) is 24.0 Å². The standard InChI is InChI=1S/C23H30ClN5O10/c1-7-27-19-16(20(34)28(8-2)23(27)35)29(22(24)26-19)21-15(25-10(3)30)18(38-13(6)33)17(37-12(5)32)14(39-21)9-36-11(4)31/h14-15,17-18,21H,7-9H2,1-6H3,(H,25,30)/t14-,15-,17+,18-,21+/m0/s1. The Kier molecular flexibility index (Phi) is 9.17. The second-order valence-electron chi connectivity index (χ2n) is 8.74. The fourth-order valence-electron chi connectivity index (χ4n) is 4.56. The summed E-state index contributed by atoms with van der Waals surface area (Å²) >= 11 is 6.52. The van der Waals surface area contributed by atoms with Crippen molar-refractivity contribution >= 4 is 46.6 Å². The summed E-state index contributed by atoms with van der Waals surface area (Å²) in [5, 5.41) is 2.34. The topological polar surface area (TPSA) is 179 Å². The Morgan fingerprint density at radius 2 is 1.54 bits per heavy atom. The maximum atomic E-state index is 13.5. The summed E-state index contributed by atoms with van der Waals surface area (Å²) in [6, 6.07) is -1.28. The molecule has 3 heterocycles. The molecule has 0 unspecified atom stereocenters. The van der Waals surface area contributed by atoms with Crippen LogP contribution in [0.15, 0.2) is 9.59 Å². The first-order chi connectivity index (χ1) is 18.3. The zero-order valence-corrected chi connectivity index (χ0v) is 23.0. The molecule has 0 aliphatic carbocycles. The van der Waals surface area contributed by atoms with E-state index in [4.69, 9.17) is 30.5 Å². The first-order valence-corrected chi connectivity index (χ1v) is 12.5. The Morgan fingerprint density at radius 1 is 0.949 bits per heavy atom. The van der Waals surface area contributed by atoms with Crippen LogP contribution in [-0.2, 0) is 51.2 Å². The number of nitrogens with one attached hydrogen (secondary N) is 1. The molecular formula is C23H30ClN5O10. The maximum absolute atomic E-state index is 13.5. The number of hydrogen-bond donors (Lipinski definition) is 1. The molecule has 15 nitrogen and oxygen atoms in total. The lowest BCUT2D eigenvalue weighted by atomic mass is 9.95. The van der Waals surface area contributed by atoms with Crippen LogP contribution in [0.4, 0.5) is 0 Å². The van der Waals surface area contributed by atoms with E-state index in [2.05, 4.69) is 10.3 Å². The summed E-state index contributed by atoms with van der Waals surface area (Å²) in [7, 11) is 0. The number of esters is 3. The number of carbonyl (C=O) groups excluding carboxylic acids is 4. The number of rotatable bonds is 8. The van der Waals surface area contributed by atoms with Gasteiger partial charge < -0.3 is 24.3 Å². The van der Waals surface area contributed by atoms with Gasteiger partial charge in [-0.3, -0.25) is 37.7 Å². The summed E-state index contributed by atoms with van der Waals surface area (Å²) in [6.07, 6.45) is -5.36. The van der Waals surface area contributed by atoms with Crippen LogP contribution in [0.2, 0.25) is 5.28 Å². The number of aromatic nitrogens is 4. The molecule has 1 N–H and O–H groups in total. The molecule has 1 amide bonds. The van der Waals surface area contributed by atoms with E-state index in [0.29, 0.717) is 0 Å². The van der Waals surface area contributed by atoms with Crippen molar-refractivity contribution in [3.8, 4) is 0 Å². The Labute approximate surface area is 226 Å². The Morgan fingerprint density at radius 3 is 2.05 bits per heavy atom. The summed E-state index contributed by atoms with van der Waals surface area (Å²) in [5.74, 6) is -2.80. The Hall–Kier alpha value is -3.72. The summed E-state index contributed by atoms with van der Waals surface area (Å²) < 4.78 is 25.6. The second kappa shape index (κ2) is 12.0. The molecule has 1 fully saturated rings. The second-order valence-corrected chi connectivity index (χ2v) is 9.08. The van der Waals surface area contributed by atoms with E-state index >= 15 is 0 Å². The lowest BCUT2D eigenvalue weighted by molar-refractivity contribution is -0.236. The van der Waals surface area contributed by atoms with E-state index in [9.17, 15) is 28.8 Å². The minimum absolute atomic E-state index is 0.0324. The molecule has 0 spiro atoms. The highest BCUT2D eigenvalue weighted by Gasteiger charge is 2.52. The van der Waals surface area contributed by atoms with E-state index < -0.39 is 72.3 Å². The van der Waals surface area contributed by atoms with Gasteiger partial charge in [-0.1, -0.05) is 0 Å². The van der Waals surface area contributed by atoms with Gasteiger partial charge in [-0.05, 0) is 25.4 Å². The molecule has 1 aliphatic rings. The number of fused-ring (bicyclic) bond motifs is 1. The number of nitrogens with zero attached hydrogens (tertiary/aromatic N) is 4. The number of imidazole rings is 1. The van der Waals surface area contributed by atoms with E-state index in [1.54, 1.807) is 13.8 Å². The molecule has 5 atom stereocenters. The fraction of sp³-hybridized carbons (Fsp3) is 0.609. The molecular weight excluding hydrogens is 542 g/mol. The molecule has 39 heavy (non-hydrogen) atoms. The molecule has 1 saturated heterocycles. The van der Waals surface area contributed by atoms with Crippen molar-refractivity contribution in [2.24, 2.45) is 0 Å². The van der Waals surface area contributed by atoms with Crippen molar-refractivity contribution in [1.29, 1.82) is 0 Å². The highest BCUT2D eigenvalue weighted by Crippen LogP contribution is 2.36. The molecule has 214 valence electrons. The fourth-order valence-corrected chi connectivity index (χ4v) is 4.82. The summed E-state index contributed by atoms with van der Waals surface area (Å²) in [4.78, 5) is 78.6. The molecule has 2 aromatic heterocycles. The molecule has 1 aliphatic heterocycles. The number of aryl methyl sites for hydroxylation is 1. The van der Waals surface area contributed by atoms with Crippen LogP contribution >= 0.6 is 11.6 Å². The van der Waals surface area contributed by atoms with Gasteiger partial charge in [0.15, 0.2) is 29.6 Å². The number of halogens is 1. The van der Waals surface area contributed by atoms with Gasteiger partial charge in [0.2, 0.25) is 11.2 Å². The third kappa shape index (κ3) is 5.98. The average Bonchev–Trinajstić information content (AvgIpc) is 3.16. The largest absolute Gasteiger partial charge is 0.463 e. The van der Waals surface area contributed by atoms with E-state index in [-0.39, 0.29) is 29.5 Å². The first-order valence-electron chi connectivity index (χ1n) is 12.1. The van der Waals surface area contributed by atoms with E-state index in [0.717, 1.165) is 25.3 Å². The van der Waals surface area contributed by atoms with Crippen molar-refractivity contribution in [3.63, 3.8) is 0 Å². The molecule has 16 heteroatoms. The molecule has 0 aromatic carbocycles. The lowest BCUT2D eigenvalue weighted by Crippen LogP contribution is -2.64. The SMILES string of the molecule is CCn1c(=O)c2c(nc(Cl)n2[C@@H]2O[C@@H](COC(C)=O)[C@@H](OC(C)=O)[C@@H](OC(C)=O)[C@@H]2NC(C)=O)n(CC)c1=O. The highest BCUT2D eigenvalue weighted by molar-refractivity contribution is 6.29. The van der Waals surface area contributed by atoms with Gasteiger partial charge in [-0.2, -0.15) is 4.98 Å². The van der Waals surface area contributed by atoms with Crippen molar-refractivity contribution in [2.45, 2.75) is 85.2 Å². The zero-order chi connectivity index (χ0) is 29.2. The number of hydrogen-bond acceptors (Lipinski definition) is 11. The van der Waals surface area contributed by atoms with Gasteiger partial charge >= 0.3 is 23.6 Å². The Bertz CT molecular complexity index is 1410. The number of carbonyl (C=O) groups is 4. The van der Waals surface area contributed by atoms with Crippen LogP contribution in [0.1, 0.15) is 47.8 Å². The van der Waals surface area contributed by atoms with Crippen LogP contribution in [-0.4, -0.2) is 73.5 Å². The van der Waals surface area contributed by atoms with Crippen LogP contribution in [0.3, 0.4) is 0 Å². The normalized spacial score (nSPS) is 22.8. The predicted octanol–water partition coefficient (Wildman–Crippen LogP) is -0.118. The molecule has 2 aromatic rings. The first kappa shape index (κ1) is 29.8. The maximum Gasteiger partial charge on any atom is 0.332 e. The van der Waals surface area contributed by atoms with Gasteiger partial charge in [0.25, 0.3) is 5.56 Å². The molecule has 3 rings (SSSR count). The highest BCUT2D eigenvalue weighted by atomic mass is 35.5. The minimum atomic E-state index is -1.40. The minimum Gasteiger partial charge on any atom is -0.463 e. The van der Waals surface area contributed by atoms with Crippen molar-refractivity contribution < 1.29 is 38.1 Å². The average molecular weight is 572 g/mol. The molecule has 0 saturated carbocycles. The van der Waals surface area contributed by atoms with Gasteiger partial charge in [0, 0.05) is 40.8 Å². The predicted molar refractivity (Wildman–Crippen MR) is 134 cm³/mol. The van der Waals surface area contributed by atoms with Gasteiger partial charge in [-0.25, -0.2) is 4.79 Å². The van der Waals surface area contributed by atoms with Gasteiger partial charge in [-0.15, -0.1) is 0 Å². The quantitative estimate of drug-likeness (QED) is 0.253. The summed E-state index contributed by atoms with van der Waals surface area (Å²) in [6.45, 7) is 7.62. The molecule has 0 bridgehead atoms. The van der Waals surface area contributed by atoms with Crippen molar-refractivity contribution in [3.05, 3.63) is 26.1 Å². The Balaban J connectivity index is 2.35. The van der Waals surface area contributed by atoms with Gasteiger partial charge in [0.05, 0.1) is 0 Å². The van der Waals surface area contributed by atoms with Crippen LogP contribution in [0, 0.1) is 0 Å². The lowest BCUT2D eigenvalue weighted by Gasteiger charge is -2.45. The van der Waals surface area contributed by atoms with Gasteiger partial charge in [0.1, 0.15) is 18.8 Å². The third-order valence-corrected chi connectivity index (χ3v) is 6.26. The number of amides is 1. The zero-order valence-electron chi connectivity index (χ0n) is 22.3. The third-order valence-electron chi connectivity index (χ3n) is 5.99. The monoisotopic (exact) mass is 571 g/mol. The molecule has 0 radical (unpaired) electrons. The summed E-state index contributed by atoms with van der Waals surface area (Å²) in [5.41, 5.74) is -1.48. The van der Waals surface area contributed by atoms with Crippen LogP contribution in [0.25, 0.3) is 11.2 Å². The van der Waals surface area contributed by atoms with Crippen LogP contribution in [0.5, 0.6) is 0 Å². The smallest absolute Gasteiger partial charge is 0.332 e. The number of ether oxygens (including phenoxy) is 4. The van der Waals surface area contributed by atoms with E-state index in [1.165, 1.54) is 16.1 Å². The van der Waals surface area contributed by atoms with Crippen LogP contribution < -0.4 is 16.6 Å².